The van der Waals surface area contributed by atoms with Gasteiger partial charge in [-0.1, -0.05) is 41.9 Å². The molecule has 3 aromatic rings. The van der Waals surface area contributed by atoms with Crippen LogP contribution >= 0.6 is 11.6 Å². The highest BCUT2D eigenvalue weighted by Crippen LogP contribution is 2.39. The number of hydrogen-bond donors (Lipinski definition) is 3. The molecule has 5 nitrogen and oxygen atoms in total. The lowest BCUT2D eigenvalue weighted by atomic mass is 10.00. The summed E-state index contributed by atoms with van der Waals surface area (Å²) in [5, 5.41) is 27.5. The van der Waals surface area contributed by atoms with E-state index in [9.17, 15) is 10.2 Å². The zero-order valence-electron chi connectivity index (χ0n) is 13.5. The number of nitrogens with zero attached hydrogens (tertiary/aromatic N) is 2. The van der Waals surface area contributed by atoms with Gasteiger partial charge in [-0.2, -0.15) is 5.10 Å². The third-order valence-corrected chi connectivity index (χ3v) is 4.88. The van der Waals surface area contributed by atoms with E-state index in [2.05, 4.69) is 27.2 Å². The number of aromatic amines is 1. The molecule has 2 heterocycles. The number of aromatic nitrogens is 2. The molecule has 0 unspecified atom stereocenters. The van der Waals surface area contributed by atoms with E-state index >= 15 is 0 Å². The number of nitrogens with one attached hydrogen (secondary N) is 1. The summed E-state index contributed by atoms with van der Waals surface area (Å²) in [5.41, 5.74) is 4.64. The van der Waals surface area contributed by atoms with Crippen molar-refractivity contribution in [1.82, 2.24) is 15.1 Å². The molecule has 0 aliphatic carbocycles. The van der Waals surface area contributed by atoms with Crippen molar-refractivity contribution in [3.63, 3.8) is 0 Å². The summed E-state index contributed by atoms with van der Waals surface area (Å²) in [6, 6.07) is 13.2. The van der Waals surface area contributed by atoms with Crippen molar-refractivity contribution in [1.29, 1.82) is 0 Å². The maximum atomic E-state index is 10.2. The lowest BCUT2D eigenvalue weighted by Gasteiger charge is -2.27. The lowest BCUT2D eigenvalue weighted by molar-refractivity contribution is 0.245. The maximum Gasteiger partial charge on any atom is 0.137 e. The summed E-state index contributed by atoms with van der Waals surface area (Å²) in [6.07, 6.45) is 0.877. The van der Waals surface area contributed by atoms with Crippen LogP contribution in [0.4, 0.5) is 0 Å². The van der Waals surface area contributed by atoms with Crippen LogP contribution in [-0.2, 0) is 19.5 Å². The molecule has 0 radical (unpaired) electrons. The van der Waals surface area contributed by atoms with Gasteiger partial charge in [0.25, 0.3) is 0 Å². The number of halogens is 1. The first-order valence-electron chi connectivity index (χ1n) is 8.16. The Labute approximate surface area is 150 Å². The van der Waals surface area contributed by atoms with Gasteiger partial charge in [0.15, 0.2) is 0 Å². The fraction of sp³-hybridized carbons (Fsp3) is 0.211. The first-order chi connectivity index (χ1) is 12.1. The van der Waals surface area contributed by atoms with Crippen molar-refractivity contribution < 1.29 is 10.2 Å². The van der Waals surface area contributed by atoms with Crippen molar-refractivity contribution in [3.05, 3.63) is 64.3 Å². The number of aromatic hydroxyl groups is 2. The first-order valence-corrected chi connectivity index (χ1v) is 8.54. The molecule has 1 aliphatic rings. The molecule has 6 heteroatoms. The minimum atomic E-state index is -0.141. The third-order valence-electron chi connectivity index (χ3n) is 4.58. The van der Waals surface area contributed by atoms with Crippen molar-refractivity contribution >= 4 is 11.6 Å². The Hall–Kier alpha value is -2.50. The molecule has 1 aliphatic heterocycles. The lowest BCUT2D eigenvalue weighted by Crippen LogP contribution is -2.29. The molecule has 2 aromatic carbocycles. The highest BCUT2D eigenvalue weighted by Gasteiger charge is 2.24. The van der Waals surface area contributed by atoms with Gasteiger partial charge in [-0.25, -0.2) is 0 Å². The van der Waals surface area contributed by atoms with Gasteiger partial charge in [0.05, 0.1) is 5.02 Å². The Balaban J connectivity index is 1.65. The van der Waals surface area contributed by atoms with Crippen LogP contribution in [0.2, 0.25) is 5.02 Å². The number of rotatable bonds is 3. The molecule has 3 N–H and O–H groups in total. The molecule has 0 atom stereocenters. The number of phenolic OH excluding ortho intramolecular Hbond substituents is 2. The largest absolute Gasteiger partial charge is 0.507 e. The summed E-state index contributed by atoms with van der Waals surface area (Å²) >= 11 is 6.01. The predicted molar refractivity (Wildman–Crippen MR) is 96.6 cm³/mol. The summed E-state index contributed by atoms with van der Waals surface area (Å²) in [6.45, 7) is 2.56. The number of hydrogen-bond acceptors (Lipinski definition) is 4. The highest BCUT2D eigenvalue weighted by molar-refractivity contribution is 6.32. The fourth-order valence-electron chi connectivity index (χ4n) is 3.29. The quantitative estimate of drug-likeness (QED) is 0.670. The third kappa shape index (κ3) is 3.08. The van der Waals surface area contributed by atoms with Crippen LogP contribution in [0.5, 0.6) is 11.5 Å². The molecule has 1 aromatic heterocycles. The molecular weight excluding hydrogens is 338 g/mol. The van der Waals surface area contributed by atoms with Crippen LogP contribution in [0.15, 0.2) is 42.5 Å². The van der Waals surface area contributed by atoms with E-state index in [1.54, 1.807) is 6.07 Å². The molecule has 0 saturated heterocycles. The molecule has 4 rings (SSSR count). The monoisotopic (exact) mass is 355 g/mol. The molecular formula is C19H18ClN3O2. The molecule has 0 amide bonds. The molecule has 0 fully saturated rings. The van der Waals surface area contributed by atoms with E-state index in [1.165, 1.54) is 11.6 Å². The zero-order chi connectivity index (χ0) is 17.4. The fourth-order valence-corrected chi connectivity index (χ4v) is 3.45. The average molecular weight is 356 g/mol. The average Bonchev–Trinajstić information content (AvgIpc) is 3.02. The van der Waals surface area contributed by atoms with Gasteiger partial charge in [0, 0.05) is 48.9 Å². The van der Waals surface area contributed by atoms with E-state index in [4.69, 9.17) is 11.6 Å². The molecule has 0 bridgehead atoms. The molecule has 0 saturated carbocycles. The van der Waals surface area contributed by atoms with E-state index < -0.39 is 0 Å². The van der Waals surface area contributed by atoms with Gasteiger partial charge in [0.1, 0.15) is 17.2 Å². The van der Waals surface area contributed by atoms with Crippen LogP contribution in [0.1, 0.15) is 16.8 Å². The maximum absolute atomic E-state index is 10.2. The van der Waals surface area contributed by atoms with Gasteiger partial charge in [-0.05, 0) is 11.6 Å². The normalized spacial score (nSPS) is 14.4. The highest BCUT2D eigenvalue weighted by atomic mass is 35.5. The zero-order valence-corrected chi connectivity index (χ0v) is 14.3. The van der Waals surface area contributed by atoms with Crippen LogP contribution in [0, 0.1) is 0 Å². The minimum Gasteiger partial charge on any atom is -0.507 e. The van der Waals surface area contributed by atoms with Crippen molar-refractivity contribution in [2.75, 3.05) is 6.54 Å². The van der Waals surface area contributed by atoms with Crippen molar-refractivity contribution in [2.45, 2.75) is 19.5 Å². The standard InChI is InChI=1S/C19H18ClN3O2/c20-15-8-13(17(24)9-18(15)25)19-14-11-23(7-6-16(14)21-22-19)10-12-4-2-1-3-5-12/h1-5,8-9,24-25H,6-7,10-11H2,(H,21,22). The van der Waals surface area contributed by atoms with Gasteiger partial charge >= 0.3 is 0 Å². The topological polar surface area (TPSA) is 72.4 Å². The van der Waals surface area contributed by atoms with Gasteiger partial charge in [-0.3, -0.25) is 10.00 Å². The van der Waals surface area contributed by atoms with Crippen LogP contribution in [0.3, 0.4) is 0 Å². The van der Waals surface area contributed by atoms with Crippen molar-refractivity contribution in [3.8, 4) is 22.8 Å². The van der Waals surface area contributed by atoms with E-state index in [1.807, 2.05) is 18.2 Å². The number of H-pyrrole nitrogens is 1. The number of benzene rings is 2. The van der Waals surface area contributed by atoms with Gasteiger partial charge in [0.2, 0.25) is 0 Å². The molecule has 25 heavy (non-hydrogen) atoms. The Morgan fingerprint density at radius 3 is 2.72 bits per heavy atom. The predicted octanol–water partition coefficient (Wildman–Crippen LogP) is 3.70. The number of phenols is 2. The van der Waals surface area contributed by atoms with Crippen LogP contribution in [-0.4, -0.2) is 31.9 Å². The Morgan fingerprint density at radius 2 is 1.92 bits per heavy atom. The SMILES string of the molecule is Oc1cc(O)c(-c2n[nH]c3c2CN(Cc2ccccc2)CC3)cc1Cl. The van der Waals surface area contributed by atoms with Crippen molar-refractivity contribution in [2.24, 2.45) is 0 Å². The minimum absolute atomic E-state index is 0.0311. The molecule has 0 spiro atoms. The van der Waals surface area contributed by atoms with E-state index in [0.29, 0.717) is 11.3 Å². The number of fused-ring (bicyclic) bond motifs is 1. The summed E-state index contributed by atoms with van der Waals surface area (Å²) in [7, 11) is 0. The molecule has 128 valence electrons. The Bertz CT molecular complexity index is 909. The van der Waals surface area contributed by atoms with Gasteiger partial charge in [-0.15, -0.1) is 0 Å². The Kier molecular flexibility index (Phi) is 4.11. The van der Waals surface area contributed by atoms with E-state index in [0.717, 1.165) is 37.3 Å². The second kappa shape index (κ2) is 6.43. The first kappa shape index (κ1) is 16.0. The Morgan fingerprint density at radius 1 is 1.12 bits per heavy atom. The smallest absolute Gasteiger partial charge is 0.137 e. The van der Waals surface area contributed by atoms with Gasteiger partial charge < -0.3 is 10.2 Å². The summed E-state index contributed by atoms with van der Waals surface area (Å²) in [5.74, 6) is -0.172. The second-order valence-corrected chi connectivity index (χ2v) is 6.70. The summed E-state index contributed by atoms with van der Waals surface area (Å²) < 4.78 is 0. The second-order valence-electron chi connectivity index (χ2n) is 6.30. The van der Waals surface area contributed by atoms with E-state index in [-0.39, 0.29) is 16.5 Å². The summed E-state index contributed by atoms with van der Waals surface area (Å²) in [4.78, 5) is 2.36. The van der Waals surface area contributed by atoms with Crippen LogP contribution < -0.4 is 0 Å². The van der Waals surface area contributed by atoms with Crippen LogP contribution in [0.25, 0.3) is 11.3 Å².